The van der Waals surface area contributed by atoms with Crippen LogP contribution in [0.4, 0.5) is 8.78 Å². The van der Waals surface area contributed by atoms with Crippen molar-refractivity contribution in [1.82, 2.24) is 59.3 Å². The summed E-state index contributed by atoms with van der Waals surface area (Å²) in [6, 6.07) is 34.1. The molecule has 116 heavy (non-hydrogen) atoms. The van der Waals surface area contributed by atoms with Crippen LogP contribution >= 0.6 is 23.2 Å². The summed E-state index contributed by atoms with van der Waals surface area (Å²) in [6.07, 6.45) is 9.43. The minimum atomic E-state index is -0.254. The Bertz CT molecular complexity index is 5490. The van der Waals surface area contributed by atoms with Crippen molar-refractivity contribution in [3.63, 3.8) is 0 Å². The van der Waals surface area contributed by atoms with Crippen LogP contribution in [0.2, 0.25) is 10.0 Å². The number of hydrogen-bond acceptors (Lipinski definition) is 7. The van der Waals surface area contributed by atoms with Gasteiger partial charge in [-0.05, 0) is 252 Å². The largest absolute Gasteiger partial charge is 0.351 e. The van der Waals surface area contributed by atoms with Gasteiger partial charge in [0, 0.05) is 121 Å². The van der Waals surface area contributed by atoms with Crippen molar-refractivity contribution >= 4 is 124 Å². The molecule has 0 saturated carbocycles. The summed E-state index contributed by atoms with van der Waals surface area (Å²) < 4.78 is 39.8. The maximum absolute atomic E-state index is 13.8. The maximum Gasteiger partial charge on any atom is 0.268 e. The Hall–Kier alpha value is -10.7. The van der Waals surface area contributed by atoms with E-state index in [-0.39, 0.29) is 47.1 Å². The van der Waals surface area contributed by atoms with Gasteiger partial charge in [0.05, 0.1) is 44.7 Å². The Morgan fingerprint density at radius 2 is 0.664 bits per heavy atom. The third kappa shape index (κ3) is 18.0. The SMILES string of the molecule is CC(C)Cc1cc(Cl)cc2cc3n(c12)CCCNC3=O.CC(C)Cc1cc(F)cc2cc3n(c12)CCCNC3=O.Cc1c2n(c3c(CC(C)C)cc(C#N)cc13)CCCNC2=O.Cc1cc(CC(C)C)c2c(c1)cc1n2CCCNC1=O.Cc1cc(Cl)cc2cc3n(c12)CCCNC3=O.Cc1cc(F)cc2cc3n(c12)CCCNC3=O. The summed E-state index contributed by atoms with van der Waals surface area (Å²) in [5.41, 5.74) is 20.7. The second-order valence-electron chi connectivity index (χ2n) is 33.4. The van der Waals surface area contributed by atoms with Crippen LogP contribution in [0.1, 0.15) is 207 Å². The van der Waals surface area contributed by atoms with Crippen LogP contribution in [0.25, 0.3) is 65.4 Å². The van der Waals surface area contributed by atoms with E-state index in [9.17, 15) is 42.8 Å². The lowest BCUT2D eigenvalue weighted by molar-refractivity contribution is 0.0942. The molecule has 6 N–H and O–H groups in total. The summed E-state index contributed by atoms with van der Waals surface area (Å²) in [5.74, 6) is 1.60. The van der Waals surface area contributed by atoms with Crippen molar-refractivity contribution in [2.75, 3.05) is 39.3 Å². The fourth-order valence-electron chi connectivity index (χ4n) is 17.7. The van der Waals surface area contributed by atoms with Gasteiger partial charge in [-0.25, -0.2) is 8.78 Å². The van der Waals surface area contributed by atoms with Gasteiger partial charge in [0.1, 0.15) is 45.8 Å². The van der Waals surface area contributed by atoms with E-state index in [2.05, 4.69) is 135 Å². The maximum atomic E-state index is 13.8. The zero-order valence-electron chi connectivity index (χ0n) is 68.8. The fourth-order valence-corrected chi connectivity index (χ4v) is 18.3. The van der Waals surface area contributed by atoms with Gasteiger partial charge in [0.15, 0.2) is 0 Å². The lowest BCUT2D eigenvalue weighted by atomic mass is 9.97. The monoisotopic (exact) mass is 1610 g/mol. The molecular formula is C93H107Cl2F2N13O6. The lowest BCUT2D eigenvalue weighted by Gasteiger charge is -2.12. The molecule has 12 heterocycles. The highest BCUT2D eigenvalue weighted by molar-refractivity contribution is 6.32. The average molecular weight is 1610 g/mol. The zero-order valence-corrected chi connectivity index (χ0v) is 70.3. The van der Waals surface area contributed by atoms with Gasteiger partial charge in [-0.1, -0.05) is 90.2 Å². The Kier molecular flexibility index (Phi) is 25.7. The van der Waals surface area contributed by atoms with Gasteiger partial charge in [-0.2, -0.15) is 5.26 Å². The normalized spacial score (nSPS) is 15.2. The number of halogens is 4. The Morgan fingerprint density at radius 1 is 0.353 bits per heavy atom. The molecule has 0 atom stereocenters. The topological polar surface area (TPSA) is 228 Å². The van der Waals surface area contributed by atoms with Crippen molar-refractivity contribution in [1.29, 1.82) is 5.26 Å². The molecule has 18 rings (SSSR count). The molecule has 6 aromatic heterocycles. The van der Waals surface area contributed by atoms with Crippen molar-refractivity contribution < 1.29 is 37.5 Å². The first-order chi connectivity index (χ1) is 55.5. The van der Waals surface area contributed by atoms with E-state index in [0.717, 1.165) is 234 Å². The quantitative estimate of drug-likeness (QED) is 0.0861. The number of benzene rings is 6. The van der Waals surface area contributed by atoms with Gasteiger partial charge in [-0.3, -0.25) is 28.8 Å². The number of aromatic nitrogens is 6. The van der Waals surface area contributed by atoms with Crippen molar-refractivity contribution in [2.24, 2.45) is 23.7 Å². The highest BCUT2D eigenvalue weighted by Gasteiger charge is 2.29. The molecule has 0 radical (unpaired) electrons. The number of carbonyl (C=O) groups excluding carboxylic acids is 6. The van der Waals surface area contributed by atoms with E-state index in [1.807, 2.05) is 86.0 Å². The first-order valence-corrected chi connectivity index (χ1v) is 41.9. The second-order valence-corrected chi connectivity index (χ2v) is 34.3. The molecule has 6 aromatic carbocycles. The van der Waals surface area contributed by atoms with Gasteiger partial charge >= 0.3 is 0 Å². The highest BCUT2D eigenvalue weighted by atomic mass is 35.5. The fraction of sp³-hybridized carbons (Fsp3) is 0.409. The number of carbonyl (C=O) groups is 6. The number of amides is 6. The van der Waals surface area contributed by atoms with E-state index >= 15 is 0 Å². The number of hydrogen-bond donors (Lipinski definition) is 6. The standard InChI is InChI=1S/C18H21N3O.C17H22N2O.C16H19ClN2O.C16H19FN2O.C13H13ClN2O.C13H13FN2O/c1-11(2)7-14-8-13(10-19)9-15-12(3)16-18(22)20-5-4-6-21(16)17(14)15;1-11(2)7-13-8-12(3)9-14-10-15-17(20)18-5-4-6-19(15)16(13)14;2*1-10(2)6-11-7-13(17)8-12-9-14-16(20)18-4-3-5-19(14)15(11)12;2*1-8-5-10(14)6-9-7-11-13(17)15-3-2-4-16(11)12(8)9/h8-9,11H,4-7H2,1-3H3,(H,20,22);8-11H,4-7H2,1-3H3,(H,18,20);2*7-10H,3-6H2,1-2H3,(H,18,20);2*5-7H,2-4H2,1H3,(H,15,17). The molecule has 0 spiro atoms. The Labute approximate surface area is 686 Å². The predicted octanol–water partition coefficient (Wildman–Crippen LogP) is 18.1. The summed E-state index contributed by atoms with van der Waals surface area (Å²) in [7, 11) is 0. The minimum absolute atomic E-state index is 0.000189. The van der Waals surface area contributed by atoms with Crippen LogP contribution in [0, 0.1) is 74.3 Å². The summed E-state index contributed by atoms with van der Waals surface area (Å²) in [4.78, 5) is 72.5. The molecule has 6 aliphatic rings. The molecule has 0 aliphatic carbocycles. The number of nitrogens with zero attached hydrogens (tertiary/aromatic N) is 7. The van der Waals surface area contributed by atoms with Gasteiger partial charge in [0.25, 0.3) is 35.4 Å². The van der Waals surface area contributed by atoms with Crippen molar-refractivity contribution in [3.8, 4) is 6.07 Å². The number of fused-ring (bicyclic) bond motifs is 18. The Morgan fingerprint density at radius 3 is 1.07 bits per heavy atom. The molecule has 0 fully saturated rings. The van der Waals surface area contributed by atoms with Crippen molar-refractivity contribution in [3.05, 3.63) is 209 Å². The molecule has 608 valence electrons. The second kappa shape index (κ2) is 35.8. The average Bonchev–Trinajstić information content (AvgIpc) is 1.58. The highest BCUT2D eigenvalue weighted by Crippen LogP contribution is 2.37. The molecule has 12 aromatic rings. The van der Waals surface area contributed by atoms with Crippen molar-refractivity contribution in [2.45, 2.75) is 187 Å². The van der Waals surface area contributed by atoms with E-state index in [1.54, 1.807) is 12.1 Å². The smallest absolute Gasteiger partial charge is 0.268 e. The predicted molar refractivity (Wildman–Crippen MR) is 461 cm³/mol. The van der Waals surface area contributed by atoms with Crippen LogP contribution in [0.3, 0.4) is 0 Å². The van der Waals surface area contributed by atoms with Crippen LogP contribution in [0.15, 0.2) is 103 Å². The molecule has 0 unspecified atom stereocenters. The molecule has 0 bridgehead atoms. The van der Waals surface area contributed by atoms with E-state index in [0.29, 0.717) is 53.7 Å². The van der Waals surface area contributed by atoms with Crippen LogP contribution in [-0.2, 0) is 65.0 Å². The number of nitrogens with one attached hydrogen (secondary N) is 6. The number of rotatable bonds is 8. The van der Waals surface area contributed by atoms with E-state index in [4.69, 9.17) is 23.2 Å². The first-order valence-electron chi connectivity index (χ1n) is 41.1. The third-order valence-electron chi connectivity index (χ3n) is 22.2. The van der Waals surface area contributed by atoms with Crippen LogP contribution < -0.4 is 31.9 Å². The first kappa shape index (κ1) is 83.3. The lowest BCUT2D eigenvalue weighted by Crippen LogP contribution is -2.23. The molecular weight excluding hydrogens is 1500 g/mol. The van der Waals surface area contributed by atoms with Gasteiger partial charge in [0.2, 0.25) is 0 Å². The molecule has 23 heteroatoms. The summed E-state index contributed by atoms with van der Waals surface area (Å²) in [5, 5.41) is 34.3. The molecule has 6 aliphatic heterocycles. The van der Waals surface area contributed by atoms with E-state index < -0.39 is 0 Å². The zero-order chi connectivity index (χ0) is 82.7. The Balaban J connectivity index is 0.000000121. The third-order valence-corrected chi connectivity index (χ3v) is 22.6. The van der Waals surface area contributed by atoms with Gasteiger partial charge in [-0.15, -0.1) is 0 Å². The van der Waals surface area contributed by atoms with Crippen LogP contribution in [0.5, 0.6) is 0 Å². The molecule has 0 saturated heterocycles. The summed E-state index contributed by atoms with van der Waals surface area (Å²) >= 11 is 12.3. The number of nitriles is 1. The molecule has 19 nitrogen and oxygen atoms in total. The summed E-state index contributed by atoms with van der Waals surface area (Å²) in [6.45, 7) is 35.0. The molecule has 6 amide bonds. The van der Waals surface area contributed by atoms with Gasteiger partial charge < -0.3 is 59.3 Å². The minimum Gasteiger partial charge on any atom is -0.351 e. The van der Waals surface area contributed by atoms with Crippen LogP contribution in [-0.4, -0.2) is 102 Å². The van der Waals surface area contributed by atoms with E-state index in [1.165, 1.54) is 56.9 Å². The number of aryl methyl sites for hydroxylation is 10.